The van der Waals surface area contributed by atoms with E-state index in [1.165, 1.54) is 6.33 Å². The fraction of sp³-hybridized carbons (Fsp3) is 0.636. The van der Waals surface area contributed by atoms with Crippen molar-refractivity contribution in [2.45, 2.75) is 32.1 Å². The lowest BCUT2D eigenvalue weighted by Gasteiger charge is -2.06. The molecule has 2 amide bonds. The minimum Gasteiger partial charge on any atom is -0.481 e. The van der Waals surface area contributed by atoms with Gasteiger partial charge in [-0.1, -0.05) is 0 Å². The molecule has 1 aromatic heterocycles. The Bertz CT molecular complexity index is 380. The fourth-order valence-electron chi connectivity index (χ4n) is 1.47. The maximum Gasteiger partial charge on any atom is 0.314 e. The Hall–Kier alpha value is -2.12. The highest BCUT2D eigenvalue weighted by Gasteiger charge is 2.01. The van der Waals surface area contributed by atoms with Gasteiger partial charge >= 0.3 is 12.0 Å². The predicted molar refractivity (Wildman–Crippen MR) is 67.6 cm³/mol. The van der Waals surface area contributed by atoms with Gasteiger partial charge in [-0.15, -0.1) is 0 Å². The van der Waals surface area contributed by atoms with Crippen molar-refractivity contribution in [2.75, 3.05) is 13.1 Å². The lowest BCUT2D eigenvalue weighted by Crippen LogP contribution is -2.36. The summed E-state index contributed by atoms with van der Waals surface area (Å²) in [6.45, 7) is 1.04. The summed E-state index contributed by atoms with van der Waals surface area (Å²) < 4.78 is 0. The second kappa shape index (κ2) is 8.90. The molecule has 19 heavy (non-hydrogen) atoms. The van der Waals surface area contributed by atoms with Gasteiger partial charge in [-0.2, -0.15) is 5.10 Å². The van der Waals surface area contributed by atoms with E-state index in [9.17, 15) is 9.59 Å². The fourth-order valence-corrected chi connectivity index (χ4v) is 1.47. The number of H-pyrrole nitrogens is 1. The summed E-state index contributed by atoms with van der Waals surface area (Å²) in [6.07, 6.45) is 4.34. The van der Waals surface area contributed by atoms with Crippen LogP contribution < -0.4 is 10.6 Å². The molecule has 106 valence electrons. The molecule has 0 spiro atoms. The average Bonchev–Trinajstić information content (AvgIpc) is 2.87. The summed E-state index contributed by atoms with van der Waals surface area (Å²) in [4.78, 5) is 25.6. The number of aryl methyl sites for hydroxylation is 1. The Labute approximate surface area is 111 Å². The summed E-state index contributed by atoms with van der Waals surface area (Å²) in [6, 6.07) is -0.229. The second-order valence-electron chi connectivity index (χ2n) is 4.07. The van der Waals surface area contributed by atoms with Gasteiger partial charge in [0.15, 0.2) is 0 Å². The van der Waals surface area contributed by atoms with Crippen molar-refractivity contribution in [2.24, 2.45) is 0 Å². The quantitative estimate of drug-likeness (QED) is 0.480. The molecule has 0 atom stereocenters. The first-order chi connectivity index (χ1) is 9.18. The van der Waals surface area contributed by atoms with E-state index in [0.717, 1.165) is 18.7 Å². The summed E-state index contributed by atoms with van der Waals surface area (Å²) in [5.74, 6) is -0.00672. The van der Waals surface area contributed by atoms with E-state index in [1.54, 1.807) is 0 Å². The number of hydrogen-bond donors (Lipinski definition) is 4. The number of nitrogens with zero attached hydrogens (tertiary/aromatic N) is 2. The smallest absolute Gasteiger partial charge is 0.314 e. The lowest BCUT2D eigenvalue weighted by molar-refractivity contribution is -0.137. The zero-order valence-corrected chi connectivity index (χ0v) is 10.7. The van der Waals surface area contributed by atoms with Crippen LogP contribution in [0.3, 0.4) is 0 Å². The SMILES string of the molecule is O=C(O)CCCCNC(=O)NCCCc1ncn[nH]1. The van der Waals surface area contributed by atoms with Crippen LogP contribution >= 0.6 is 0 Å². The Morgan fingerprint density at radius 1 is 1.21 bits per heavy atom. The average molecular weight is 269 g/mol. The summed E-state index contributed by atoms with van der Waals surface area (Å²) in [7, 11) is 0. The van der Waals surface area contributed by atoms with Gasteiger partial charge in [-0.25, -0.2) is 9.78 Å². The van der Waals surface area contributed by atoms with E-state index in [-0.39, 0.29) is 12.5 Å². The van der Waals surface area contributed by atoms with Crippen LogP contribution in [0, 0.1) is 0 Å². The maximum absolute atomic E-state index is 11.3. The van der Waals surface area contributed by atoms with E-state index in [2.05, 4.69) is 25.8 Å². The number of aromatic nitrogens is 3. The van der Waals surface area contributed by atoms with Crippen molar-refractivity contribution in [1.29, 1.82) is 0 Å². The highest BCUT2D eigenvalue weighted by atomic mass is 16.4. The molecule has 8 heteroatoms. The number of unbranched alkanes of at least 4 members (excludes halogenated alkanes) is 1. The molecule has 0 aromatic carbocycles. The second-order valence-corrected chi connectivity index (χ2v) is 4.07. The number of rotatable bonds is 9. The van der Waals surface area contributed by atoms with Crippen molar-refractivity contribution in [3.8, 4) is 0 Å². The largest absolute Gasteiger partial charge is 0.481 e. The van der Waals surface area contributed by atoms with Gasteiger partial charge in [0.1, 0.15) is 12.2 Å². The van der Waals surface area contributed by atoms with Crippen LogP contribution in [0.25, 0.3) is 0 Å². The number of hydrogen-bond acceptors (Lipinski definition) is 4. The molecule has 0 fully saturated rings. The number of carbonyl (C=O) groups is 2. The van der Waals surface area contributed by atoms with Crippen molar-refractivity contribution in [1.82, 2.24) is 25.8 Å². The van der Waals surface area contributed by atoms with Gasteiger partial charge in [0, 0.05) is 25.9 Å². The van der Waals surface area contributed by atoms with Crippen molar-refractivity contribution >= 4 is 12.0 Å². The zero-order chi connectivity index (χ0) is 13.9. The molecule has 0 aliphatic heterocycles. The number of aromatic amines is 1. The number of nitrogens with one attached hydrogen (secondary N) is 3. The van der Waals surface area contributed by atoms with E-state index in [1.807, 2.05) is 0 Å². The van der Waals surface area contributed by atoms with Gasteiger partial charge < -0.3 is 15.7 Å². The first-order valence-electron chi connectivity index (χ1n) is 6.26. The molecule has 1 aromatic rings. The van der Waals surface area contributed by atoms with E-state index >= 15 is 0 Å². The monoisotopic (exact) mass is 269 g/mol. The lowest BCUT2D eigenvalue weighted by atomic mass is 10.2. The number of urea groups is 1. The highest BCUT2D eigenvalue weighted by molar-refractivity contribution is 5.73. The van der Waals surface area contributed by atoms with E-state index in [0.29, 0.717) is 25.9 Å². The molecule has 0 radical (unpaired) electrons. The number of aliphatic carboxylic acids is 1. The number of carboxylic acids is 1. The third kappa shape index (κ3) is 7.74. The molecule has 1 rings (SSSR count). The molecular formula is C11H19N5O3. The van der Waals surface area contributed by atoms with E-state index in [4.69, 9.17) is 5.11 Å². The highest BCUT2D eigenvalue weighted by Crippen LogP contribution is 1.93. The van der Waals surface area contributed by atoms with Crippen LogP contribution in [0.15, 0.2) is 6.33 Å². The van der Waals surface area contributed by atoms with Crippen LogP contribution in [0.1, 0.15) is 31.5 Å². The molecule has 0 aliphatic carbocycles. The maximum atomic E-state index is 11.3. The summed E-state index contributed by atoms with van der Waals surface area (Å²) in [5, 5.41) is 20.3. The van der Waals surface area contributed by atoms with Crippen LogP contribution in [0.2, 0.25) is 0 Å². The van der Waals surface area contributed by atoms with Crippen LogP contribution in [-0.2, 0) is 11.2 Å². The van der Waals surface area contributed by atoms with Gasteiger partial charge in [0.05, 0.1) is 0 Å². The zero-order valence-electron chi connectivity index (χ0n) is 10.7. The summed E-state index contributed by atoms with van der Waals surface area (Å²) >= 11 is 0. The van der Waals surface area contributed by atoms with E-state index < -0.39 is 5.97 Å². The van der Waals surface area contributed by atoms with Crippen molar-refractivity contribution < 1.29 is 14.7 Å². The van der Waals surface area contributed by atoms with Crippen molar-refractivity contribution in [3.05, 3.63) is 12.2 Å². The minimum atomic E-state index is -0.808. The van der Waals surface area contributed by atoms with Gasteiger partial charge in [0.2, 0.25) is 0 Å². The molecule has 1 heterocycles. The van der Waals surface area contributed by atoms with Crippen LogP contribution in [0.5, 0.6) is 0 Å². The van der Waals surface area contributed by atoms with Gasteiger partial charge in [0.25, 0.3) is 0 Å². The van der Waals surface area contributed by atoms with Crippen LogP contribution in [-0.4, -0.2) is 45.4 Å². The van der Waals surface area contributed by atoms with Crippen LogP contribution in [0.4, 0.5) is 4.79 Å². The standard InChI is InChI=1S/C11H19N5O3/c17-10(18)5-1-2-6-12-11(19)13-7-3-4-9-14-8-15-16-9/h8H,1-7H2,(H,17,18)(H2,12,13,19)(H,14,15,16). The molecule has 8 nitrogen and oxygen atoms in total. The number of carbonyl (C=O) groups excluding carboxylic acids is 1. The molecule has 0 saturated heterocycles. The topological polar surface area (TPSA) is 120 Å². The normalized spacial score (nSPS) is 10.1. The Balaban J connectivity index is 1.92. The first-order valence-corrected chi connectivity index (χ1v) is 6.26. The molecule has 0 aliphatic rings. The van der Waals surface area contributed by atoms with Crippen molar-refractivity contribution in [3.63, 3.8) is 0 Å². The minimum absolute atomic E-state index is 0.139. The summed E-state index contributed by atoms with van der Waals surface area (Å²) in [5.41, 5.74) is 0. The van der Waals surface area contributed by atoms with Gasteiger partial charge in [-0.05, 0) is 19.3 Å². The number of amides is 2. The third-order valence-electron chi connectivity index (χ3n) is 2.44. The number of carboxylic acid groups (broad SMARTS) is 1. The first kappa shape index (κ1) is 14.9. The third-order valence-corrected chi connectivity index (χ3v) is 2.44. The molecule has 0 unspecified atom stereocenters. The molecule has 0 saturated carbocycles. The Morgan fingerprint density at radius 2 is 1.95 bits per heavy atom. The predicted octanol–water partition coefficient (Wildman–Crippen LogP) is 0.291. The molecular weight excluding hydrogens is 250 g/mol. The van der Waals surface area contributed by atoms with Gasteiger partial charge in [-0.3, -0.25) is 9.89 Å². The molecule has 0 bridgehead atoms. The Kier molecular flexibility index (Phi) is 7.00. The molecule has 4 N–H and O–H groups in total. The Morgan fingerprint density at radius 3 is 2.58 bits per heavy atom.